The highest BCUT2D eigenvalue weighted by Crippen LogP contribution is 2.53. The third kappa shape index (κ3) is 7.45. The molecule has 252 valence electrons. The largest absolute Gasteiger partial charge is 0.311 e. The number of thiophene rings is 1. The lowest BCUT2D eigenvalue weighted by atomic mass is 10.00. The van der Waals surface area contributed by atoms with Crippen LogP contribution in [0.15, 0.2) is 211 Å². The van der Waals surface area contributed by atoms with E-state index in [1.807, 2.05) is 23.1 Å². The topological polar surface area (TPSA) is 6.48 Å². The van der Waals surface area contributed by atoms with Gasteiger partial charge >= 0.3 is 0 Å². The van der Waals surface area contributed by atoms with Crippen molar-refractivity contribution in [3.63, 3.8) is 0 Å². The number of thioether (sulfide) groups is 1. The molecule has 0 amide bonds. The van der Waals surface area contributed by atoms with Crippen molar-refractivity contribution in [3.8, 4) is 0 Å². The molecule has 0 N–H and O–H groups in total. The molecular formula is C48H38N2S2. The highest BCUT2D eigenvalue weighted by molar-refractivity contribution is 8.04. The summed E-state index contributed by atoms with van der Waals surface area (Å²) in [5.74, 6) is 0. The Morgan fingerprint density at radius 2 is 0.846 bits per heavy atom. The molecule has 6 aromatic carbocycles. The van der Waals surface area contributed by atoms with Crippen LogP contribution in [0.25, 0.3) is 12.2 Å². The van der Waals surface area contributed by atoms with Crippen LogP contribution in [0.5, 0.6) is 0 Å². The average molecular weight is 707 g/mol. The minimum atomic E-state index is -0.137. The fourth-order valence-electron chi connectivity index (χ4n) is 6.58. The first-order chi connectivity index (χ1) is 25.7. The molecule has 1 aromatic heterocycles. The maximum Gasteiger partial charge on any atom is 0.0765 e. The fourth-order valence-corrected chi connectivity index (χ4v) is 8.86. The number of para-hydroxylation sites is 4. The molecule has 0 bridgehead atoms. The highest BCUT2D eigenvalue weighted by atomic mass is 32.2. The second-order valence-electron chi connectivity index (χ2n) is 12.6. The molecule has 0 aliphatic carbocycles. The van der Waals surface area contributed by atoms with Crippen molar-refractivity contribution in [2.75, 3.05) is 9.80 Å². The van der Waals surface area contributed by atoms with Gasteiger partial charge in [0.15, 0.2) is 0 Å². The second-order valence-corrected chi connectivity index (χ2v) is 15.0. The van der Waals surface area contributed by atoms with Gasteiger partial charge in [-0.05, 0) is 108 Å². The van der Waals surface area contributed by atoms with Gasteiger partial charge in [0.25, 0.3) is 0 Å². The zero-order chi connectivity index (χ0) is 35.0. The predicted molar refractivity (Wildman–Crippen MR) is 227 cm³/mol. The van der Waals surface area contributed by atoms with E-state index in [1.54, 1.807) is 0 Å². The lowest BCUT2D eigenvalue weighted by Gasteiger charge is -2.25. The molecule has 1 unspecified atom stereocenters. The van der Waals surface area contributed by atoms with Crippen molar-refractivity contribution in [3.05, 3.63) is 227 Å². The highest BCUT2D eigenvalue weighted by Gasteiger charge is 2.35. The van der Waals surface area contributed by atoms with Crippen LogP contribution in [-0.2, 0) is 4.75 Å². The number of nitrogens with zero attached hydrogens (tertiary/aromatic N) is 2. The van der Waals surface area contributed by atoms with E-state index in [0.717, 1.165) is 40.5 Å². The molecule has 1 aliphatic rings. The van der Waals surface area contributed by atoms with E-state index in [4.69, 9.17) is 0 Å². The number of allylic oxidation sites excluding steroid dienone is 2. The van der Waals surface area contributed by atoms with E-state index < -0.39 is 0 Å². The van der Waals surface area contributed by atoms with Gasteiger partial charge in [0.1, 0.15) is 0 Å². The Kier molecular flexibility index (Phi) is 10.0. The summed E-state index contributed by atoms with van der Waals surface area (Å²) in [5, 5.41) is 2.19. The van der Waals surface area contributed by atoms with E-state index in [-0.39, 0.29) is 4.75 Å². The molecule has 0 saturated carbocycles. The Balaban J connectivity index is 0.993. The number of hydrogen-bond acceptors (Lipinski definition) is 4. The summed E-state index contributed by atoms with van der Waals surface area (Å²) >= 11 is 3.77. The Morgan fingerprint density at radius 3 is 1.27 bits per heavy atom. The van der Waals surface area contributed by atoms with Gasteiger partial charge < -0.3 is 9.80 Å². The van der Waals surface area contributed by atoms with Crippen LogP contribution in [0.1, 0.15) is 22.4 Å². The van der Waals surface area contributed by atoms with Gasteiger partial charge in [-0.3, -0.25) is 0 Å². The molecule has 0 saturated heterocycles. The number of anilines is 6. The summed E-state index contributed by atoms with van der Waals surface area (Å²) in [5.41, 5.74) is 9.18. The summed E-state index contributed by atoms with van der Waals surface area (Å²) in [7, 11) is 0. The molecular weight excluding hydrogens is 669 g/mol. The lowest BCUT2D eigenvalue weighted by molar-refractivity contribution is 0.826. The van der Waals surface area contributed by atoms with Gasteiger partial charge in [0.05, 0.1) is 4.75 Å². The molecule has 2 heterocycles. The van der Waals surface area contributed by atoms with Gasteiger partial charge in [-0.15, -0.1) is 23.1 Å². The second kappa shape index (κ2) is 15.6. The first kappa shape index (κ1) is 33.3. The van der Waals surface area contributed by atoms with Crippen LogP contribution in [-0.4, -0.2) is 0 Å². The van der Waals surface area contributed by atoms with Gasteiger partial charge in [-0.1, -0.05) is 127 Å². The van der Waals surface area contributed by atoms with E-state index in [9.17, 15) is 0 Å². The molecule has 52 heavy (non-hydrogen) atoms. The first-order valence-corrected chi connectivity index (χ1v) is 19.2. The quantitative estimate of drug-likeness (QED) is 0.132. The van der Waals surface area contributed by atoms with Crippen LogP contribution >= 0.6 is 23.1 Å². The zero-order valence-corrected chi connectivity index (χ0v) is 30.3. The smallest absolute Gasteiger partial charge is 0.0765 e. The van der Waals surface area contributed by atoms with E-state index in [1.165, 1.54) is 20.9 Å². The Hall–Kier alpha value is -5.81. The normalized spacial score (nSPS) is 15.6. The Bertz CT molecular complexity index is 2180. The molecule has 0 spiro atoms. The molecule has 1 atom stereocenters. The standard InChI is InChI=1S/C48H38N2S2/c1-5-14-40(15-6-1)49(41-16-7-2-8-17-41)44-28-23-38(24-29-44)27-32-46-34-36-48(52-46,47-22-13-37-51-47)35-33-39-25-30-45(31-26-39)50(42-18-9-3-10-19-42)43-20-11-4-12-21-43/h1-35,37H,36H2. The lowest BCUT2D eigenvalue weighted by Crippen LogP contribution is -2.13. The van der Waals surface area contributed by atoms with E-state index >= 15 is 0 Å². The average Bonchev–Trinajstić information content (AvgIpc) is 3.91. The van der Waals surface area contributed by atoms with Gasteiger partial charge in [0.2, 0.25) is 0 Å². The third-order valence-electron chi connectivity index (χ3n) is 9.19. The number of rotatable bonds is 11. The molecule has 0 fully saturated rings. The summed E-state index contributed by atoms with van der Waals surface area (Å²) in [6.45, 7) is 0. The van der Waals surface area contributed by atoms with Crippen LogP contribution in [0.4, 0.5) is 34.1 Å². The first-order valence-electron chi connectivity index (χ1n) is 17.6. The summed E-state index contributed by atoms with van der Waals surface area (Å²) in [6.07, 6.45) is 12.5. The van der Waals surface area contributed by atoms with Gasteiger partial charge in [-0.2, -0.15) is 0 Å². The van der Waals surface area contributed by atoms with Crippen molar-refractivity contribution >= 4 is 69.4 Å². The van der Waals surface area contributed by atoms with Gasteiger partial charge in [-0.25, -0.2) is 0 Å². The minimum absolute atomic E-state index is 0.137. The third-order valence-corrected chi connectivity index (χ3v) is 11.8. The summed E-state index contributed by atoms with van der Waals surface area (Å²) in [4.78, 5) is 7.25. The van der Waals surface area contributed by atoms with Crippen molar-refractivity contribution in [1.29, 1.82) is 0 Å². The molecule has 4 heteroatoms. The predicted octanol–water partition coefficient (Wildman–Crippen LogP) is 14.3. The Morgan fingerprint density at radius 1 is 0.423 bits per heavy atom. The number of hydrogen-bond donors (Lipinski definition) is 0. The minimum Gasteiger partial charge on any atom is -0.311 e. The SMILES string of the molecule is C(=Cc1ccc(N(c2ccccc2)c2ccccc2)cc1)C1=CCC(C=Cc2ccc(N(c3ccccc3)c3ccccc3)cc2)(c2cccs2)S1. The van der Waals surface area contributed by atoms with Crippen molar-refractivity contribution < 1.29 is 0 Å². The zero-order valence-electron chi connectivity index (χ0n) is 28.7. The summed E-state index contributed by atoms with van der Waals surface area (Å²) < 4.78 is -0.137. The van der Waals surface area contributed by atoms with E-state index in [0.29, 0.717) is 0 Å². The maximum absolute atomic E-state index is 2.40. The molecule has 7 aromatic rings. The van der Waals surface area contributed by atoms with E-state index in [2.05, 4.69) is 228 Å². The molecule has 1 aliphatic heterocycles. The van der Waals surface area contributed by atoms with Crippen molar-refractivity contribution in [2.45, 2.75) is 11.2 Å². The Labute approximate surface area is 315 Å². The van der Waals surface area contributed by atoms with Crippen molar-refractivity contribution in [1.82, 2.24) is 0 Å². The maximum atomic E-state index is 2.40. The van der Waals surface area contributed by atoms with Crippen LogP contribution < -0.4 is 9.80 Å². The van der Waals surface area contributed by atoms with Crippen LogP contribution in [0.2, 0.25) is 0 Å². The fraction of sp³-hybridized carbons (Fsp3) is 0.0417. The van der Waals surface area contributed by atoms with Crippen LogP contribution in [0.3, 0.4) is 0 Å². The van der Waals surface area contributed by atoms with Gasteiger partial charge in [0, 0.05) is 43.9 Å². The molecule has 0 radical (unpaired) electrons. The molecule has 2 nitrogen and oxygen atoms in total. The monoisotopic (exact) mass is 706 g/mol. The summed E-state index contributed by atoms with van der Waals surface area (Å²) in [6, 6.07) is 64.3. The molecule has 8 rings (SSSR count). The number of benzene rings is 6. The van der Waals surface area contributed by atoms with Crippen LogP contribution in [0, 0.1) is 0 Å². The van der Waals surface area contributed by atoms with Crippen molar-refractivity contribution in [2.24, 2.45) is 0 Å².